The average Bonchev–Trinajstić information content (AvgIpc) is 1.95. The van der Waals surface area contributed by atoms with Crippen LogP contribution in [0.15, 0.2) is 12.3 Å². The molecule has 0 aromatic carbocycles. The number of nitrogens with zero attached hydrogens (tertiary/aromatic N) is 1. The first-order chi connectivity index (χ1) is 4.75. The van der Waals surface area contributed by atoms with Crippen molar-refractivity contribution >= 4 is 11.6 Å². The van der Waals surface area contributed by atoms with E-state index in [0.717, 1.165) is 5.69 Å². The van der Waals surface area contributed by atoms with Gasteiger partial charge in [0, 0.05) is 17.8 Å². The Kier molecular flexibility index (Phi) is 2.28. The van der Waals surface area contributed by atoms with E-state index in [0.29, 0.717) is 5.88 Å². The fourth-order valence-corrected chi connectivity index (χ4v) is 1.13. The maximum atomic E-state index is 5.68. The summed E-state index contributed by atoms with van der Waals surface area (Å²) in [6.07, 6.45) is 1.79. The van der Waals surface area contributed by atoms with Crippen LogP contribution in [0.3, 0.4) is 0 Å². The number of halogens is 1. The van der Waals surface area contributed by atoms with Crippen LogP contribution >= 0.6 is 11.6 Å². The molecule has 0 unspecified atom stereocenters. The number of pyridine rings is 1. The van der Waals surface area contributed by atoms with Gasteiger partial charge in [0.15, 0.2) is 0 Å². The maximum absolute atomic E-state index is 5.68. The van der Waals surface area contributed by atoms with Crippen molar-refractivity contribution in [3.05, 3.63) is 29.1 Å². The Morgan fingerprint density at radius 3 is 2.70 bits per heavy atom. The Hall–Kier alpha value is -0.560. The minimum atomic E-state index is 0.579. The summed E-state index contributed by atoms with van der Waals surface area (Å²) in [5, 5.41) is 0. The molecule has 10 heavy (non-hydrogen) atoms. The van der Waals surface area contributed by atoms with Crippen molar-refractivity contribution in [2.75, 3.05) is 0 Å². The molecule has 0 aliphatic rings. The highest BCUT2D eigenvalue weighted by Gasteiger charge is 1.97. The summed E-state index contributed by atoms with van der Waals surface area (Å²) in [6, 6.07) is 1.95. The van der Waals surface area contributed by atoms with Gasteiger partial charge in [0.2, 0.25) is 0 Å². The van der Waals surface area contributed by atoms with Crippen LogP contribution in [-0.4, -0.2) is 4.98 Å². The van der Waals surface area contributed by atoms with E-state index < -0.39 is 0 Å². The fourth-order valence-electron chi connectivity index (χ4n) is 0.838. The molecule has 54 valence electrons. The molecular weight excluding hydrogens is 146 g/mol. The second-order valence-electron chi connectivity index (χ2n) is 2.31. The van der Waals surface area contributed by atoms with Crippen molar-refractivity contribution in [1.82, 2.24) is 4.98 Å². The lowest BCUT2D eigenvalue weighted by Crippen LogP contribution is -1.90. The molecule has 1 aromatic rings. The molecule has 0 saturated carbocycles. The highest BCUT2D eigenvalue weighted by atomic mass is 35.5. The van der Waals surface area contributed by atoms with Gasteiger partial charge in [-0.1, -0.05) is 0 Å². The number of rotatable bonds is 1. The van der Waals surface area contributed by atoms with Crippen LogP contribution in [-0.2, 0) is 5.88 Å². The molecular formula is C8H10ClN. The molecule has 1 nitrogen and oxygen atoms in total. The van der Waals surface area contributed by atoms with E-state index in [1.807, 2.05) is 19.9 Å². The van der Waals surface area contributed by atoms with Gasteiger partial charge in [0.25, 0.3) is 0 Å². The van der Waals surface area contributed by atoms with Crippen LogP contribution in [0.2, 0.25) is 0 Å². The number of hydrogen-bond donors (Lipinski definition) is 0. The minimum absolute atomic E-state index is 0.579. The third-order valence-electron chi connectivity index (χ3n) is 1.71. The highest BCUT2D eigenvalue weighted by Crippen LogP contribution is 2.11. The predicted molar refractivity (Wildman–Crippen MR) is 43.3 cm³/mol. The topological polar surface area (TPSA) is 12.9 Å². The standard InChI is InChI=1S/C8H10ClN/c1-6-7(2)10-4-3-8(6)5-9/h3-4H,5H2,1-2H3. The van der Waals surface area contributed by atoms with Crippen LogP contribution in [0.5, 0.6) is 0 Å². The lowest BCUT2D eigenvalue weighted by molar-refractivity contribution is 1.11. The lowest BCUT2D eigenvalue weighted by atomic mass is 10.1. The van der Waals surface area contributed by atoms with Crippen molar-refractivity contribution < 1.29 is 0 Å². The Labute approximate surface area is 66.0 Å². The quantitative estimate of drug-likeness (QED) is 0.568. The zero-order valence-electron chi connectivity index (χ0n) is 6.19. The number of alkyl halides is 1. The van der Waals surface area contributed by atoms with Crippen LogP contribution in [0.4, 0.5) is 0 Å². The van der Waals surface area contributed by atoms with E-state index >= 15 is 0 Å². The summed E-state index contributed by atoms with van der Waals surface area (Å²) in [4.78, 5) is 4.13. The van der Waals surface area contributed by atoms with Gasteiger partial charge in [-0.05, 0) is 31.0 Å². The Bertz CT molecular complexity index is 233. The second kappa shape index (κ2) is 3.02. The van der Waals surface area contributed by atoms with Gasteiger partial charge < -0.3 is 0 Å². The Morgan fingerprint density at radius 2 is 2.20 bits per heavy atom. The van der Waals surface area contributed by atoms with E-state index in [2.05, 4.69) is 4.98 Å². The van der Waals surface area contributed by atoms with Gasteiger partial charge in [-0.15, -0.1) is 11.6 Å². The molecule has 1 aromatic heterocycles. The normalized spacial score (nSPS) is 9.90. The summed E-state index contributed by atoms with van der Waals surface area (Å²) in [5.74, 6) is 0.579. The Balaban J connectivity index is 3.14. The monoisotopic (exact) mass is 155 g/mol. The van der Waals surface area contributed by atoms with Gasteiger partial charge in [0.05, 0.1) is 0 Å². The Morgan fingerprint density at radius 1 is 1.50 bits per heavy atom. The van der Waals surface area contributed by atoms with E-state index in [1.165, 1.54) is 11.1 Å². The minimum Gasteiger partial charge on any atom is -0.261 e. The zero-order chi connectivity index (χ0) is 7.56. The molecule has 1 heterocycles. The zero-order valence-corrected chi connectivity index (χ0v) is 6.94. The van der Waals surface area contributed by atoms with Crippen molar-refractivity contribution in [2.45, 2.75) is 19.7 Å². The van der Waals surface area contributed by atoms with Crippen molar-refractivity contribution in [1.29, 1.82) is 0 Å². The maximum Gasteiger partial charge on any atom is 0.0477 e. The van der Waals surface area contributed by atoms with Crippen molar-refractivity contribution in [3.63, 3.8) is 0 Å². The number of hydrogen-bond acceptors (Lipinski definition) is 1. The summed E-state index contributed by atoms with van der Waals surface area (Å²) < 4.78 is 0. The summed E-state index contributed by atoms with van der Waals surface area (Å²) >= 11 is 5.68. The van der Waals surface area contributed by atoms with Gasteiger partial charge in [-0.3, -0.25) is 4.98 Å². The van der Waals surface area contributed by atoms with Gasteiger partial charge >= 0.3 is 0 Å². The molecule has 0 aliphatic heterocycles. The molecule has 0 atom stereocenters. The smallest absolute Gasteiger partial charge is 0.0477 e. The van der Waals surface area contributed by atoms with Gasteiger partial charge in [-0.25, -0.2) is 0 Å². The molecule has 0 N–H and O–H groups in total. The average molecular weight is 156 g/mol. The summed E-state index contributed by atoms with van der Waals surface area (Å²) in [6.45, 7) is 4.03. The molecule has 0 radical (unpaired) electrons. The van der Waals surface area contributed by atoms with Crippen LogP contribution in [0.25, 0.3) is 0 Å². The molecule has 0 aliphatic carbocycles. The highest BCUT2D eigenvalue weighted by molar-refractivity contribution is 6.17. The first-order valence-electron chi connectivity index (χ1n) is 3.22. The van der Waals surface area contributed by atoms with E-state index in [4.69, 9.17) is 11.6 Å². The van der Waals surface area contributed by atoms with Crippen LogP contribution in [0.1, 0.15) is 16.8 Å². The first-order valence-corrected chi connectivity index (χ1v) is 3.76. The van der Waals surface area contributed by atoms with Gasteiger partial charge in [0.1, 0.15) is 0 Å². The summed E-state index contributed by atoms with van der Waals surface area (Å²) in [7, 11) is 0. The van der Waals surface area contributed by atoms with Crippen molar-refractivity contribution in [2.24, 2.45) is 0 Å². The van der Waals surface area contributed by atoms with E-state index in [1.54, 1.807) is 6.20 Å². The third kappa shape index (κ3) is 1.29. The summed E-state index contributed by atoms with van der Waals surface area (Å²) in [5.41, 5.74) is 3.45. The van der Waals surface area contributed by atoms with Crippen LogP contribution in [0, 0.1) is 13.8 Å². The number of aromatic nitrogens is 1. The largest absolute Gasteiger partial charge is 0.261 e. The molecule has 0 spiro atoms. The first kappa shape index (κ1) is 7.55. The van der Waals surface area contributed by atoms with Crippen molar-refractivity contribution in [3.8, 4) is 0 Å². The predicted octanol–water partition coefficient (Wildman–Crippen LogP) is 2.44. The molecule has 0 fully saturated rings. The molecule has 0 saturated heterocycles. The molecule has 0 bridgehead atoms. The second-order valence-corrected chi connectivity index (χ2v) is 2.58. The third-order valence-corrected chi connectivity index (χ3v) is 2.00. The van der Waals surface area contributed by atoms with E-state index in [-0.39, 0.29) is 0 Å². The van der Waals surface area contributed by atoms with E-state index in [9.17, 15) is 0 Å². The molecule has 1 rings (SSSR count). The number of aryl methyl sites for hydroxylation is 1. The fraction of sp³-hybridized carbons (Fsp3) is 0.375. The SMILES string of the molecule is Cc1nccc(CCl)c1C. The van der Waals surface area contributed by atoms with Gasteiger partial charge in [-0.2, -0.15) is 0 Å². The lowest BCUT2D eigenvalue weighted by Gasteiger charge is -2.02. The van der Waals surface area contributed by atoms with Crippen LogP contribution < -0.4 is 0 Å². The molecule has 0 amide bonds. The molecule has 2 heteroatoms.